The molecule has 3 aromatic carbocycles. The molecule has 0 spiro atoms. The van der Waals surface area contributed by atoms with E-state index in [1.165, 1.54) is 39.3 Å². The lowest BCUT2D eigenvalue weighted by Gasteiger charge is -2.19. The number of anilines is 1. The average molecular weight is 685 g/mol. The highest BCUT2D eigenvalue weighted by molar-refractivity contribution is 7.98. The predicted molar refractivity (Wildman–Crippen MR) is 183 cm³/mol. The maximum atomic E-state index is 13.8. The Morgan fingerprint density at radius 2 is 1.72 bits per heavy atom. The zero-order chi connectivity index (χ0) is 34.3. The first-order chi connectivity index (χ1) is 22.4. The minimum atomic E-state index is -3.83. The Labute approximate surface area is 278 Å². The number of rotatable bonds is 13. The summed E-state index contributed by atoms with van der Waals surface area (Å²) in [5, 5.41) is 14.2. The molecule has 0 saturated carbocycles. The van der Waals surface area contributed by atoms with Crippen molar-refractivity contribution in [2.24, 2.45) is 5.14 Å². The quantitative estimate of drug-likeness (QED) is 0.209. The Balaban J connectivity index is 1.74. The van der Waals surface area contributed by atoms with Gasteiger partial charge in [0, 0.05) is 19.0 Å². The summed E-state index contributed by atoms with van der Waals surface area (Å²) in [4.78, 5) is 39.4. The Kier molecular flexibility index (Phi) is 11.8. The second-order valence-electron chi connectivity index (χ2n) is 11.0. The number of carbonyl (C=O) groups excluding carboxylic acids is 2. The Morgan fingerprint density at radius 3 is 2.32 bits per heavy atom. The van der Waals surface area contributed by atoms with Crippen molar-refractivity contribution in [3.63, 3.8) is 0 Å². The van der Waals surface area contributed by atoms with E-state index in [1.807, 2.05) is 12.3 Å². The molecular formula is C33H40N4O8S2. The van der Waals surface area contributed by atoms with Crippen LogP contribution in [0, 0.1) is 0 Å². The number of nitrogens with one attached hydrogen (secondary N) is 3. The second kappa shape index (κ2) is 15.5. The minimum Gasteiger partial charge on any atom is -0.493 e. The van der Waals surface area contributed by atoms with Gasteiger partial charge in [0.1, 0.15) is 6.04 Å². The van der Waals surface area contributed by atoms with Gasteiger partial charge in [-0.1, -0.05) is 18.2 Å². The Hall–Kier alpha value is -4.27. The van der Waals surface area contributed by atoms with Gasteiger partial charge in [-0.25, -0.2) is 13.6 Å². The zero-order valence-electron chi connectivity index (χ0n) is 27.0. The van der Waals surface area contributed by atoms with E-state index >= 15 is 0 Å². The largest absolute Gasteiger partial charge is 0.493 e. The smallest absolute Gasteiger partial charge is 0.242 e. The maximum absolute atomic E-state index is 13.8. The topological polar surface area (TPSA) is 175 Å². The maximum Gasteiger partial charge on any atom is 0.242 e. The fourth-order valence-electron chi connectivity index (χ4n) is 5.63. The van der Waals surface area contributed by atoms with E-state index in [9.17, 15) is 22.8 Å². The lowest BCUT2D eigenvalue weighted by molar-refractivity contribution is -0.122. The summed E-state index contributed by atoms with van der Waals surface area (Å²) in [5.74, 6) is 1.42. The Morgan fingerprint density at radius 1 is 1.02 bits per heavy atom. The fourth-order valence-corrected chi connectivity index (χ4v) is 6.62. The number of benzene rings is 2. The fraction of sp³-hybridized carbons (Fsp3) is 0.364. The second-order valence-corrected chi connectivity index (χ2v) is 13.5. The third kappa shape index (κ3) is 8.37. The molecule has 12 nitrogen and oxygen atoms in total. The van der Waals surface area contributed by atoms with Crippen LogP contribution in [0.25, 0.3) is 11.1 Å². The lowest BCUT2D eigenvalue weighted by Crippen LogP contribution is -2.40. The van der Waals surface area contributed by atoms with Crippen LogP contribution in [0.5, 0.6) is 17.2 Å². The molecule has 1 aliphatic rings. The highest BCUT2D eigenvalue weighted by Gasteiger charge is 2.30. The van der Waals surface area contributed by atoms with E-state index < -0.39 is 22.1 Å². The summed E-state index contributed by atoms with van der Waals surface area (Å²) in [6.45, 7) is 1.57. The molecule has 0 bridgehead atoms. The number of hydrogen-bond donors (Lipinski definition) is 4. The van der Waals surface area contributed by atoms with Crippen molar-refractivity contribution in [3.8, 4) is 28.4 Å². The Bertz CT molecular complexity index is 1800. The highest BCUT2D eigenvalue weighted by atomic mass is 32.2. The van der Waals surface area contributed by atoms with Crippen LogP contribution in [-0.4, -0.2) is 59.6 Å². The van der Waals surface area contributed by atoms with Crippen LogP contribution in [0.1, 0.15) is 42.5 Å². The summed E-state index contributed by atoms with van der Waals surface area (Å²) < 4.78 is 40.2. The minimum absolute atomic E-state index is 0.0241. The number of ether oxygens (including phenoxy) is 3. The van der Waals surface area contributed by atoms with Gasteiger partial charge in [-0.3, -0.25) is 14.4 Å². The summed E-state index contributed by atoms with van der Waals surface area (Å²) in [6.07, 6.45) is 3.44. The van der Waals surface area contributed by atoms with Crippen molar-refractivity contribution >= 4 is 39.3 Å². The molecule has 4 rings (SSSR count). The van der Waals surface area contributed by atoms with Gasteiger partial charge in [0.05, 0.1) is 38.0 Å². The summed E-state index contributed by atoms with van der Waals surface area (Å²) in [5.41, 5.74) is 3.43. The summed E-state index contributed by atoms with van der Waals surface area (Å²) >= 11 is 1.57. The number of carbonyl (C=O) groups is 2. The van der Waals surface area contributed by atoms with Crippen molar-refractivity contribution in [2.45, 2.75) is 49.7 Å². The first-order valence-corrected chi connectivity index (χ1v) is 17.8. The van der Waals surface area contributed by atoms with Crippen molar-refractivity contribution in [1.29, 1.82) is 0 Å². The molecule has 0 unspecified atom stereocenters. The molecule has 3 aromatic rings. The van der Waals surface area contributed by atoms with Gasteiger partial charge < -0.3 is 30.2 Å². The number of nitrogens with two attached hydrogens (primary N) is 1. The van der Waals surface area contributed by atoms with Gasteiger partial charge >= 0.3 is 0 Å². The van der Waals surface area contributed by atoms with Crippen LogP contribution in [0.4, 0.5) is 5.69 Å². The van der Waals surface area contributed by atoms with Crippen LogP contribution >= 0.6 is 11.8 Å². The molecule has 2 atom stereocenters. The van der Waals surface area contributed by atoms with Crippen LogP contribution < -0.4 is 40.7 Å². The van der Waals surface area contributed by atoms with Crippen LogP contribution in [0.3, 0.4) is 0 Å². The molecule has 47 heavy (non-hydrogen) atoms. The average Bonchev–Trinajstić information content (AvgIpc) is 3.28. The van der Waals surface area contributed by atoms with Gasteiger partial charge in [-0.2, -0.15) is 11.8 Å². The number of methoxy groups -OCH3 is 3. The predicted octanol–water partition coefficient (Wildman–Crippen LogP) is 3.36. The third-order valence-electron chi connectivity index (χ3n) is 7.89. The number of aryl methyl sites for hydroxylation is 1. The van der Waals surface area contributed by atoms with E-state index in [0.717, 1.165) is 11.1 Å². The van der Waals surface area contributed by atoms with Gasteiger partial charge in [0.2, 0.25) is 33.0 Å². The number of amides is 2. The number of hydrogen-bond acceptors (Lipinski definition) is 10. The molecule has 0 heterocycles. The van der Waals surface area contributed by atoms with E-state index in [0.29, 0.717) is 59.0 Å². The highest BCUT2D eigenvalue weighted by Crippen LogP contribution is 2.50. The third-order valence-corrected chi connectivity index (χ3v) is 9.46. The van der Waals surface area contributed by atoms with Crippen molar-refractivity contribution in [3.05, 3.63) is 75.4 Å². The van der Waals surface area contributed by atoms with E-state index in [-0.39, 0.29) is 34.4 Å². The zero-order valence-corrected chi connectivity index (χ0v) is 28.6. The van der Waals surface area contributed by atoms with Crippen LogP contribution in [0.15, 0.2) is 58.2 Å². The standard InChI is InChI=1S/C33H40N4O8S2/c1-19(38)36-25-12-8-21-16-29(43-2)31(44-3)32(45-4)30(21)23-11-13-26(28(39)17-24(23)25)37-27(14-15-46-5)33(40)35-18-20-6-9-22(10-7-20)47(34,41)42/h6-7,9-11,13,16-17,25,27H,8,12,14-15,18H2,1-5H3,(H,35,40)(H,36,38)(H,37,39)(H2,34,41,42)/t25-,27-/m0/s1. The number of thioether (sulfide) groups is 1. The molecular weight excluding hydrogens is 645 g/mol. The lowest BCUT2D eigenvalue weighted by atomic mass is 9.95. The van der Waals surface area contributed by atoms with Gasteiger partial charge in [0.25, 0.3) is 0 Å². The van der Waals surface area contributed by atoms with E-state index in [4.69, 9.17) is 19.3 Å². The molecule has 2 amide bonds. The van der Waals surface area contributed by atoms with Gasteiger partial charge in [0.15, 0.2) is 11.5 Å². The summed E-state index contributed by atoms with van der Waals surface area (Å²) in [6, 6.07) is 11.5. The normalized spacial score (nSPS) is 14.5. The summed E-state index contributed by atoms with van der Waals surface area (Å²) in [7, 11) is 0.767. The molecule has 5 N–H and O–H groups in total. The number of primary sulfonamides is 1. The monoisotopic (exact) mass is 684 g/mol. The number of sulfonamides is 1. The molecule has 252 valence electrons. The molecule has 0 fully saturated rings. The number of fused-ring (bicyclic) bond motifs is 3. The molecule has 0 radical (unpaired) electrons. The van der Waals surface area contributed by atoms with E-state index in [1.54, 1.807) is 43.1 Å². The van der Waals surface area contributed by atoms with Crippen LogP contribution in [0.2, 0.25) is 0 Å². The van der Waals surface area contributed by atoms with Gasteiger partial charge in [-0.05, 0) is 83.9 Å². The molecule has 0 saturated heterocycles. The van der Waals surface area contributed by atoms with Crippen molar-refractivity contribution in [1.82, 2.24) is 10.6 Å². The van der Waals surface area contributed by atoms with Crippen molar-refractivity contribution < 1.29 is 32.2 Å². The van der Waals surface area contributed by atoms with Crippen molar-refractivity contribution in [2.75, 3.05) is 38.7 Å². The van der Waals surface area contributed by atoms with Crippen LogP contribution in [-0.2, 0) is 32.6 Å². The molecule has 1 aliphatic carbocycles. The molecule has 14 heteroatoms. The first-order valence-electron chi connectivity index (χ1n) is 14.8. The molecule has 0 aliphatic heterocycles. The SMILES string of the molecule is COc1cc2c(c(OC)c1OC)-c1ccc(N[C@@H](CCSC)C(=O)NCc3ccc(S(N)(=O)=O)cc3)c(=O)cc1[C@@H](NC(C)=O)CC2. The van der Waals surface area contributed by atoms with Gasteiger partial charge in [-0.15, -0.1) is 0 Å². The molecule has 0 aromatic heterocycles. The van der Waals surface area contributed by atoms with E-state index in [2.05, 4.69) is 16.0 Å². The first kappa shape index (κ1) is 35.6.